The van der Waals surface area contributed by atoms with Gasteiger partial charge in [0, 0.05) is 18.7 Å². The lowest BCUT2D eigenvalue weighted by Crippen LogP contribution is -2.48. The molecule has 3 aromatic carbocycles. The Bertz CT molecular complexity index is 1490. The molecule has 2 saturated heterocycles. The highest BCUT2D eigenvalue weighted by Crippen LogP contribution is 2.31. The minimum absolute atomic E-state index is 0.0986. The molecule has 2 aliphatic rings. The summed E-state index contributed by atoms with van der Waals surface area (Å²) in [6, 6.07) is 18.7. The van der Waals surface area contributed by atoms with Crippen molar-refractivity contribution in [1.82, 2.24) is 9.88 Å². The number of oxazole rings is 1. The first-order valence-electron chi connectivity index (χ1n) is 12.5. The smallest absolute Gasteiger partial charge is 0.257 e. The normalized spacial score (nSPS) is 19.4. The maximum Gasteiger partial charge on any atom is 0.257 e. The quantitative estimate of drug-likeness (QED) is 0.350. The van der Waals surface area contributed by atoms with Gasteiger partial charge in [-0.05, 0) is 61.4 Å². The molecule has 0 radical (unpaired) electrons. The summed E-state index contributed by atoms with van der Waals surface area (Å²) in [7, 11) is 0. The van der Waals surface area contributed by atoms with E-state index in [0.29, 0.717) is 29.3 Å². The second kappa shape index (κ2) is 9.83. The van der Waals surface area contributed by atoms with Crippen molar-refractivity contribution in [3.8, 4) is 11.5 Å². The summed E-state index contributed by atoms with van der Waals surface area (Å²) in [6.45, 7) is 0.657. The van der Waals surface area contributed by atoms with Crippen LogP contribution in [0.25, 0.3) is 22.6 Å². The number of imide groups is 1. The molecule has 3 amide bonds. The molecule has 8 nitrogen and oxygen atoms in total. The monoisotopic (exact) mass is 513 g/mol. The number of rotatable bonds is 6. The second-order valence-electron chi connectivity index (χ2n) is 9.39. The number of halogens is 1. The van der Waals surface area contributed by atoms with E-state index in [2.05, 4.69) is 4.98 Å². The molecule has 2 unspecified atom stereocenters. The molecule has 6 rings (SSSR count). The fourth-order valence-electron chi connectivity index (χ4n) is 5.03. The molecular weight excluding hydrogens is 489 g/mol. The summed E-state index contributed by atoms with van der Waals surface area (Å²) in [4.78, 5) is 46.9. The molecule has 38 heavy (non-hydrogen) atoms. The van der Waals surface area contributed by atoms with Gasteiger partial charge in [0.15, 0.2) is 5.58 Å². The van der Waals surface area contributed by atoms with Crippen molar-refractivity contribution in [2.24, 2.45) is 0 Å². The number of amides is 3. The average Bonchev–Trinajstić information content (AvgIpc) is 3.66. The number of para-hydroxylation sites is 2. The van der Waals surface area contributed by atoms with Crippen molar-refractivity contribution in [1.29, 1.82) is 0 Å². The number of anilines is 1. The van der Waals surface area contributed by atoms with Crippen LogP contribution in [0.3, 0.4) is 0 Å². The number of hydrogen-bond donors (Lipinski definition) is 0. The Kier molecular flexibility index (Phi) is 6.21. The molecule has 9 heteroatoms. The van der Waals surface area contributed by atoms with E-state index in [9.17, 15) is 18.8 Å². The summed E-state index contributed by atoms with van der Waals surface area (Å²) in [5, 5.41) is 0. The van der Waals surface area contributed by atoms with Crippen LogP contribution in [0.2, 0.25) is 0 Å². The van der Waals surface area contributed by atoms with Crippen molar-refractivity contribution in [2.75, 3.05) is 18.1 Å². The molecule has 1 aromatic heterocycles. The molecule has 3 heterocycles. The van der Waals surface area contributed by atoms with Crippen molar-refractivity contribution >= 4 is 34.5 Å². The highest BCUT2D eigenvalue weighted by atomic mass is 19.1. The number of hydrogen-bond acceptors (Lipinski definition) is 6. The zero-order valence-electron chi connectivity index (χ0n) is 20.4. The van der Waals surface area contributed by atoms with E-state index in [1.54, 1.807) is 30.3 Å². The van der Waals surface area contributed by atoms with Gasteiger partial charge in [-0.1, -0.05) is 24.3 Å². The number of carbonyl (C=O) groups is 3. The first-order chi connectivity index (χ1) is 18.5. The molecule has 0 bridgehead atoms. The Morgan fingerprint density at radius 3 is 2.53 bits per heavy atom. The van der Waals surface area contributed by atoms with Gasteiger partial charge in [0.2, 0.25) is 11.8 Å². The van der Waals surface area contributed by atoms with E-state index >= 15 is 0 Å². The van der Waals surface area contributed by atoms with Crippen LogP contribution in [0.5, 0.6) is 0 Å². The van der Waals surface area contributed by atoms with Gasteiger partial charge in [-0.2, -0.15) is 0 Å². The number of nitrogens with zero attached hydrogens (tertiary/aromatic N) is 3. The van der Waals surface area contributed by atoms with Gasteiger partial charge in [-0.25, -0.2) is 14.3 Å². The topological polar surface area (TPSA) is 93.0 Å². The van der Waals surface area contributed by atoms with Crippen LogP contribution < -0.4 is 4.90 Å². The van der Waals surface area contributed by atoms with Crippen LogP contribution in [0, 0.1) is 5.82 Å². The van der Waals surface area contributed by atoms with E-state index in [1.807, 2.05) is 24.3 Å². The Morgan fingerprint density at radius 1 is 1.03 bits per heavy atom. The Balaban J connectivity index is 1.27. The van der Waals surface area contributed by atoms with Crippen molar-refractivity contribution in [2.45, 2.75) is 31.4 Å². The first-order valence-corrected chi connectivity index (χ1v) is 12.5. The van der Waals surface area contributed by atoms with Crippen LogP contribution in [-0.4, -0.2) is 52.9 Å². The van der Waals surface area contributed by atoms with E-state index in [4.69, 9.17) is 9.15 Å². The Labute approximate surface area is 217 Å². The lowest BCUT2D eigenvalue weighted by molar-refractivity contribution is -0.122. The van der Waals surface area contributed by atoms with Crippen LogP contribution in [0.1, 0.15) is 29.6 Å². The maximum absolute atomic E-state index is 14.5. The number of benzene rings is 3. The third-order valence-electron chi connectivity index (χ3n) is 6.95. The minimum atomic E-state index is -1.06. The van der Waals surface area contributed by atoms with Gasteiger partial charge < -0.3 is 14.1 Å². The summed E-state index contributed by atoms with van der Waals surface area (Å²) >= 11 is 0. The number of carbonyl (C=O) groups excluding carboxylic acids is 3. The molecule has 4 aromatic rings. The molecule has 0 spiro atoms. The molecule has 0 saturated carbocycles. The van der Waals surface area contributed by atoms with Crippen molar-refractivity contribution in [3.63, 3.8) is 0 Å². The van der Waals surface area contributed by atoms with Gasteiger partial charge in [-0.3, -0.25) is 14.4 Å². The van der Waals surface area contributed by atoms with Gasteiger partial charge >= 0.3 is 0 Å². The molecule has 0 aliphatic carbocycles. The fourth-order valence-corrected chi connectivity index (χ4v) is 5.03. The first kappa shape index (κ1) is 24.0. The molecule has 2 aliphatic heterocycles. The lowest BCUT2D eigenvalue weighted by Gasteiger charge is -2.30. The predicted octanol–water partition coefficient (Wildman–Crippen LogP) is 4.59. The average molecular weight is 514 g/mol. The van der Waals surface area contributed by atoms with Crippen LogP contribution in [0.15, 0.2) is 77.2 Å². The predicted molar refractivity (Wildman–Crippen MR) is 137 cm³/mol. The number of ether oxygens (including phenoxy) is 1. The molecule has 2 atom stereocenters. The van der Waals surface area contributed by atoms with Crippen LogP contribution in [0.4, 0.5) is 10.1 Å². The molecule has 192 valence electrons. The van der Waals surface area contributed by atoms with Gasteiger partial charge in [0.05, 0.1) is 23.8 Å². The standard InChI is InChI=1S/C29H24FN3O5/c30-22-8-2-1-7-21(22)28(35)32(17-20-6-5-15-37-20)24-16-26(34)33(29(24)36)19-13-11-18(12-14-19)27-31-23-9-3-4-10-25(23)38-27/h1-4,7-14,20,24H,5-6,15-17H2. The zero-order valence-corrected chi connectivity index (χ0v) is 20.4. The third-order valence-corrected chi connectivity index (χ3v) is 6.95. The summed E-state index contributed by atoms with van der Waals surface area (Å²) in [5.41, 5.74) is 2.30. The van der Waals surface area contributed by atoms with E-state index in [-0.39, 0.29) is 24.6 Å². The highest BCUT2D eigenvalue weighted by molar-refractivity contribution is 6.23. The van der Waals surface area contributed by atoms with E-state index < -0.39 is 29.6 Å². The van der Waals surface area contributed by atoms with Crippen LogP contribution >= 0.6 is 0 Å². The summed E-state index contributed by atoms with van der Waals surface area (Å²) in [6.07, 6.45) is 1.08. The van der Waals surface area contributed by atoms with Gasteiger partial charge in [0.1, 0.15) is 17.4 Å². The summed E-state index contributed by atoms with van der Waals surface area (Å²) < 4.78 is 26.0. The van der Waals surface area contributed by atoms with Crippen molar-refractivity contribution < 1.29 is 27.9 Å². The van der Waals surface area contributed by atoms with Crippen molar-refractivity contribution in [3.05, 3.63) is 84.2 Å². The fraction of sp³-hybridized carbons (Fsp3) is 0.241. The summed E-state index contributed by atoms with van der Waals surface area (Å²) in [5.74, 6) is -1.87. The minimum Gasteiger partial charge on any atom is -0.436 e. The van der Waals surface area contributed by atoms with E-state index in [0.717, 1.165) is 23.3 Å². The lowest BCUT2D eigenvalue weighted by atomic mass is 10.1. The molecule has 2 fully saturated rings. The number of fused-ring (bicyclic) bond motifs is 1. The second-order valence-corrected chi connectivity index (χ2v) is 9.39. The third kappa shape index (κ3) is 4.35. The largest absolute Gasteiger partial charge is 0.436 e. The zero-order chi connectivity index (χ0) is 26.2. The maximum atomic E-state index is 14.5. The molecular formula is C29H24FN3O5. The highest BCUT2D eigenvalue weighted by Gasteiger charge is 2.45. The Morgan fingerprint density at radius 2 is 1.79 bits per heavy atom. The molecule has 0 N–H and O–H groups in total. The van der Waals surface area contributed by atoms with Crippen LogP contribution in [-0.2, 0) is 14.3 Å². The van der Waals surface area contributed by atoms with E-state index in [1.165, 1.54) is 23.1 Å². The van der Waals surface area contributed by atoms with Gasteiger partial charge in [0.25, 0.3) is 11.8 Å². The Hall–Kier alpha value is -4.37. The SMILES string of the molecule is O=C1CC(N(CC2CCCO2)C(=O)c2ccccc2F)C(=O)N1c1ccc(-c2nc3ccccc3o2)cc1. The van der Waals surface area contributed by atoms with Gasteiger partial charge in [-0.15, -0.1) is 0 Å². The number of aromatic nitrogens is 1.